The van der Waals surface area contributed by atoms with Crippen LogP contribution in [0.5, 0.6) is 0 Å². The van der Waals surface area contributed by atoms with Crippen molar-refractivity contribution in [3.05, 3.63) is 18.0 Å². The fraction of sp³-hybridized carbons (Fsp3) is 0.400. The summed E-state index contributed by atoms with van der Waals surface area (Å²) in [6, 6.07) is 1.50. The third kappa shape index (κ3) is 0.869. The quantitative estimate of drug-likeness (QED) is 0.576. The summed E-state index contributed by atoms with van der Waals surface area (Å²) in [4.78, 5) is 0. The lowest BCUT2D eigenvalue weighted by Gasteiger charge is -1.92. The van der Waals surface area contributed by atoms with Gasteiger partial charge in [0.15, 0.2) is 0 Å². The maximum absolute atomic E-state index is 8.77. The van der Waals surface area contributed by atoms with E-state index in [1.54, 1.807) is 6.92 Å². The van der Waals surface area contributed by atoms with Gasteiger partial charge >= 0.3 is 0 Å². The largest absolute Gasteiger partial charge is 0.387 e. The van der Waals surface area contributed by atoms with E-state index in [4.69, 9.17) is 5.11 Å². The molecule has 3 nitrogen and oxygen atoms in total. The van der Waals surface area contributed by atoms with Crippen LogP contribution in [-0.4, -0.2) is 10.3 Å². The Bertz CT molecular complexity index is 145. The standard InChI is InChI=1S/C5H6NO2/c1-4(7)5-2-3-8-6-5/h2,4,7H,1H3. The van der Waals surface area contributed by atoms with Crippen molar-refractivity contribution in [3.63, 3.8) is 0 Å². The summed E-state index contributed by atoms with van der Waals surface area (Å²) in [5.41, 5.74) is 0.519. The molecular weight excluding hydrogens is 106 g/mol. The third-order valence-corrected chi connectivity index (χ3v) is 0.839. The van der Waals surface area contributed by atoms with Crippen LogP contribution in [0.1, 0.15) is 18.7 Å². The molecule has 1 atom stereocenters. The number of aliphatic hydroxyl groups excluding tert-OH is 1. The monoisotopic (exact) mass is 112 g/mol. The molecule has 1 N–H and O–H groups in total. The number of aliphatic hydroxyl groups is 1. The van der Waals surface area contributed by atoms with Crippen LogP contribution in [0.25, 0.3) is 0 Å². The molecule has 0 saturated heterocycles. The van der Waals surface area contributed by atoms with Gasteiger partial charge in [0, 0.05) is 6.07 Å². The summed E-state index contributed by atoms with van der Waals surface area (Å²) in [7, 11) is 0. The normalized spacial score (nSPS) is 13.8. The van der Waals surface area contributed by atoms with Gasteiger partial charge in [0.1, 0.15) is 5.69 Å². The lowest BCUT2D eigenvalue weighted by atomic mass is 10.3. The van der Waals surface area contributed by atoms with Crippen LogP contribution in [0.2, 0.25) is 0 Å². The highest BCUT2D eigenvalue weighted by molar-refractivity contribution is 4.96. The van der Waals surface area contributed by atoms with Crippen LogP contribution < -0.4 is 0 Å². The fourth-order valence-electron chi connectivity index (χ4n) is 0.389. The van der Waals surface area contributed by atoms with Crippen LogP contribution in [0.15, 0.2) is 10.6 Å². The molecule has 0 saturated carbocycles. The van der Waals surface area contributed by atoms with Gasteiger partial charge in [-0.3, -0.25) is 0 Å². The molecule has 0 spiro atoms. The van der Waals surface area contributed by atoms with Gasteiger partial charge in [-0.2, -0.15) is 0 Å². The Kier molecular flexibility index (Phi) is 1.30. The van der Waals surface area contributed by atoms with Crippen molar-refractivity contribution in [3.8, 4) is 0 Å². The topological polar surface area (TPSA) is 46.3 Å². The van der Waals surface area contributed by atoms with Gasteiger partial charge in [-0.25, -0.2) is 0 Å². The molecule has 0 aliphatic rings. The van der Waals surface area contributed by atoms with Crippen LogP contribution in [0, 0.1) is 6.26 Å². The van der Waals surface area contributed by atoms with E-state index in [0.29, 0.717) is 5.69 Å². The Balaban J connectivity index is 2.77. The smallest absolute Gasteiger partial charge is 0.205 e. The minimum absolute atomic E-state index is 0.519. The highest BCUT2D eigenvalue weighted by Gasteiger charge is 2.01. The number of nitrogens with zero attached hydrogens (tertiary/aromatic N) is 1. The van der Waals surface area contributed by atoms with Gasteiger partial charge in [0.25, 0.3) is 0 Å². The molecule has 1 heterocycles. The van der Waals surface area contributed by atoms with E-state index in [9.17, 15) is 0 Å². The van der Waals surface area contributed by atoms with E-state index in [0.717, 1.165) is 0 Å². The van der Waals surface area contributed by atoms with Crippen molar-refractivity contribution in [2.45, 2.75) is 13.0 Å². The molecule has 8 heavy (non-hydrogen) atoms. The summed E-state index contributed by atoms with van der Waals surface area (Å²) in [5.74, 6) is 0. The van der Waals surface area contributed by atoms with Gasteiger partial charge in [-0.05, 0) is 6.92 Å². The molecule has 1 rings (SSSR count). The third-order valence-electron chi connectivity index (χ3n) is 0.839. The molecule has 0 bridgehead atoms. The Morgan fingerprint density at radius 1 is 2.00 bits per heavy atom. The van der Waals surface area contributed by atoms with Crippen LogP contribution in [-0.2, 0) is 0 Å². The van der Waals surface area contributed by atoms with Crippen molar-refractivity contribution in [1.82, 2.24) is 5.16 Å². The van der Waals surface area contributed by atoms with Gasteiger partial charge in [-0.1, -0.05) is 5.16 Å². The van der Waals surface area contributed by atoms with Crippen molar-refractivity contribution in [2.24, 2.45) is 0 Å². The molecular formula is C5H6NO2. The van der Waals surface area contributed by atoms with Crippen molar-refractivity contribution >= 4 is 0 Å². The molecule has 43 valence electrons. The lowest BCUT2D eigenvalue weighted by molar-refractivity contribution is 0.188. The second-order valence-electron chi connectivity index (χ2n) is 1.55. The first kappa shape index (κ1) is 5.31. The minimum atomic E-state index is -0.551. The molecule has 1 aromatic rings. The van der Waals surface area contributed by atoms with Crippen LogP contribution in [0.3, 0.4) is 0 Å². The van der Waals surface area contributed by atoms with E-state index < -0.39 is 6.10 Å². The highest BCUT2D eigenvalue weighted by atomic mass is 16.5. The van der Waals surface area contributed by atoms with Crippen LogP contribution in [0.4, 0.5) is 0 Å². The first-order valence-electron chi connectivity index (χ1n) is 2.31. The summed E-state index contributed by atoms with van der Waals surface area (Å²) in [6.07, 6.45) is 1.81. The number of hydrogen-bond acceptors (Lipinski definition) is 3. The molecule has 1 aromatic heterocycles. The average Bonchev–Trinajstić information content (AvgIpc) is 2.12. The molecule has 0 aromatic carbocycles. The molecule has 0 amide bonds. The Labute approximate surface area is 46.9 Å². The van der Waals surface area contributed by atoms with E-state index in [1.807, 2.05) is 0 Å². The van der Waals surface area contributed by atoms with Crippen molar-refractivity contribution in [1.29, 1.82) is 0 Å². The van der Waals surface area contributed by atoms with E-state index in [-0.39, 0.29) is 0 Å². The first-order valence-corrected chi connectivity index (χ1v) is 2.31. The molecule has 0 fully saturated rings. The summed E-state index contributed by atoms with van der Waals surface area (Å²) in [6.45, 7) is 1.62. The summed E-state index contributed by atoms with van der Waals surface area (Å²) >= 11 is 0. The van der Waals surface area contributed by atoms with Crippen molar-refractivity contribution < 1.29 is 9.63 Å². The SMILES string of the molecule is CC(O)c1c[c]on1. The summed E-state index contributed by atoms with van der Waals surface area (Å²) < 4.78 is 4.34. The van der Waals surface area contributed by atoms with Gasteiger partial charge < -0.3 is 9.63 Å². The average molecular weight is 112 g/mol. The Morgan fingerprint density at radius 3 is 3.00 bits per heavy atom. The zero-order valence-electron chi connectivity index (χ0n) is 4.46. The Morgan fingerprint density at radius 2 is 2.75 bits per heavy atom. The second kappa shape index (κ2) is 1.96. The maximum Gasteiger partial charge on any atom is 0.205 e. The lowest BCUT2D eigenvalue weighted by Crippen LogP contribution is -1.88. The zero-order valence-corrected chi connectivity index (χ0v) is 4.46. The summed E-state index contributed by atoms with van der Waals surface area (Å²) in [5, 5.41) is 12.2. The van der Waals surface area contributed by atoms with Gasteiger partial charge in [0.05, 0.1) is 6.10 Å². The molecule has 0 aliphatic carbocycles. The first-order chi connectivity index (χ1) is 3.80. The number of hydrogen-bond donors (Lipinski definition) is 1. The number of aromatic nitrogens is 1. The van der Waals surface area contributed by atoms with Gasteiger partial charge in [0.2, 0.25) is 6.26 Å². The molecule has 1 radical (unpaired) electrons. The van der Waals surface area contributed by atoms with E-state index >= 15 is 0 Å². The molecule has 0 aliphatic heterocycles. The van der Waals surface area contributed by atoms with E-state index in [2.05, 4.69) is 15.9 Å². The molecule has 1 unspecified atom stereocenters. The maximum atomic E-state index is 8.77. The number of rotatable bonds is 1. The fourth-order valence-corrected chi connectivity index (χ4v) is 0.389. The van der Waals surface area contributed by atoms with Crippen LogP contribution >= 0.6 is 0 Å². The highest BCUT2D eigenvalue weighted by Crippen LogP contribution is 2.05. The second-order valence-corrected chi connectivity index (χ2v) is 1.55. The predicted molar refractivity (Wildman–Crippen MR) is 26.0 cm³/mol. The molecule has 3 heteroatoms. The van der Waals surface area contributed by atoms with E-state index in [1.165, 1.54) is 6.07 Å². The zero-order chi connectivity index (χ0) is 5.98. The predicted octanol–water partition coefficient (Wildman–Crippen LogP) is 0.528. The minimum Gasteiger partial charge on any atom is -0.387 e. The van der Waals surface area contributed by atoms with Crippen molar-refractivity contribution in [2.75, 3.05) is 0 Å². The Hall–Kier alpha value is -0.830. The van der Waals surface area contributed by atoms with Gasteiger partial charge in [-0.15, -0.1) is 0 Å².